The van der Waals surface area contributed by atoms with E-state index in [-0.39, 0.29) is 17.5 Å². The fourth-order valence-electron chi connectivity index (χ4n) is 2.55. The maximum absolute atomic E-state index is 12.2. The smallest absolute Gasteiger partial charge is 0.237 e. The first-order valence-corrected chi connectivity index (χ1v) is 5.99. The molecule has 0 radical (unpaired) electrons. The van der Waals surface area contributed by atoms with Crippen LogP contribution < -0.4 is 4.90 Å². The first-order valence-electron chi connectivity index (χ1n) is 5.61. The summed E-state index contributed by atoms with van der Waals surface area (Å²) in [6.45, 7) is 3.95. The second-order valence-corrected chi connectivity index (χ2v) is 5.65. The van der Waals surface area contributed by atoms with Crippen LogP contribution in [0.5, 0.6) is 0 Å². The van der Waals surface area contributed by atoms with E-state index < -0.39 is 0 Å². The van der Waals surface area contributed by atoms with Gasteiger partial charge in [0.15, 0.2) is 0 Å². The summed E-state index contributed by atoms with van der Waals surface area (Å²) in [5.41, 5.74) is 0.520. The van der Waals surface area contributed by atoms with Gasteiger partial charge in [-0.15, -0.1) is 0 Å². The van der Waals surface area contributed by atoms with Crippen LogP contribution in [0.4, 0.5) is 5.69 Å². The highest BCUT2D eigenvalue weighted by atomic mass is 35.5. The lowest BCUT2D eigenvalue weighted by atomic mass is 9.77. The van der Waals surface area contributed by atoms with Gasteiger partial charge >= 0.3 is 0 Å². The quantitative estimate of drug-likeness (QED) is 0.756. The monoisotopic (exact) mass is 252 g/mol. The van der Waals surface area contributed by atoms with E-state index in [9.17, 15) is 4.79 Å². The first kappa shape index (κ1) is 12.4. The van der Waals surface area contributed by atoms with Crippen LogP contribution in [0.1, 0.15) is 13.8 Å². The van der Waals surface area contributed by atoms with Crippen LogP contribution in [0.25, 0.3) is 0 Å². The normalized spacial score (nSPS) is 22.8. The minimum atomic E-state index is -0.341. The van der Waals surface area contributed by atoms with Crippen molar-refractivity contribution in [3.05, 3.63) is 29.3 Å². The van der Waals surface area contributed by atoms with E-state index in [2.05, 4.69) is 4.90 Å². The number of rotatable bonds is 2. The van der Waals surface area contributed by atoms with Crippen molar-refractivity contribution in [3.8, 4) is 0 Å². The molecular weight excluding hydrogens is 236 g/mol. The summed E-state index contributed by atoms with van der Waals surface area (Å²) in [6, 6.07) is 7.41. The van der Waals surface area contributed by atoms with Gasteiger partial charge in [0.25, 0.3) is 0 Å². The van der Waals surface area contributed by atoms with Crippen molar-refractivity contribution in [2.75, 3.05) is 19.0 Å². The van der Waals surface area contributed by atoms with Crippen LogP contribution in [0.3, 0.4) is 0 Å². The molecule has 1 aliphatic rings. The standard InChI is InChI=1S/C13H17ClN2O/c1-13(2)11(15(3)4)16(12(13)17)10-7-5-6-9(14)8-10/h5-8,11H,1-4H3. The van der Waals surface area contributed by atoms with Crippen LogP contribution in [0, 0.1) is 5.41 Å². The molecule has 1 amide bonds. The summed E-state index contributed by atoms with van der Waals surface area (Å²) in [6.07, 6.45) is 0.0773. The topological polar surface area (TPSA) is 23.6 Å². The number of hydrogen-bond donors (Lipinski definition) is 0. The molecule has 1 aromatic rings. The molecule has 4 heteroatoms. The fraction of sp³-hybridized carbons (Fsp3) is 0.462. The molecule has 3 nitrogen and oxygen atoms in total. The van der Waals surface area contributed by atoms with E-state index in [0.29, 0.717) is 5.02 Å². The van der Waals surface area contributed by atoms with E-state index in [4.69, 9.17) is 11.6 Å². The predicted octanol–water partition coefficient (Wildman–Crippen LogP) is 2.60. The van der Waals surface area contributed by atoms with Gasteiger partial charge in [-0.1, -0.05) is 17.7 Å². The SMILES string of the molecule is CN(C)C1N(c2cccc(Cl)c2)C(=O)C1(C)C. The molecule has 0 bridgehead atoms. The lowest BCUT2D eigenvalue weighted by Gasteiger charge is -2.55. The fourth-order valence-corrected chi connectivity index (χ4v) is 2.73. The van der Waals surface area contributed by atoms with Gasteiger partial charge in [0.1, 0.15) is 6.17 Å². The van der Waals surface area contributed by atoms with Gasteiger partial charge in [-0.25, -0.2) is 0 Å². The van der Waals surface area contributed by atoms with Crippen LogP contribution in [-0.4, -0.2) is 31.1 Å². The van der Waals surface area contributed by atoms with E-state index in [1.54, 1.807) is 4.90 Å². The van der Waals surface area contributed by atoms with Crippen molar-refractivity contribution < 1.29 is 4.79 Å². The number of hydrogen-bond acceptors (Lipinski definition) is 2. The van der Waals surface area contributed by atoms with Crippen LogP contribution in [0.2, 0.25) is 5.02 Å². The second kappa shape index (κ2) is 4.00. The molecule has 92 valence electrons. The molecule has 1 aliphatic heterocycles. The van der Waals surface area contributed by atoms with Gasteiger partial charge in [-0.2, -0.15) is 0 Å². The number of carbonyl (C=O) groups is 1. The largest absolute Gasteiger partial charge is 0.294 e. The van der Waals surface area contributed by atoms with Crippen molar-refractivity contribution in [2.24, 2.45) is 5.41 Å². The molecule has 1 aromatic carbocycles. The molecule has 1 unspecified atom stereocenters. The number of carbonyl (C=O) groups excluding carboxylic acids is 1. The molecule has 17 heavy (non-hydrogen) atoms. The highest BCUT2D eigenvalue weighted by molar-refractivity contribution is 6.31. The summed E-state index contributed by atoms with van der Waals surface area (Å²) in [7, 11) is 3.97. The highest BCUT2D eigenvalue weighted by Gasteiger charge is 2.55. The van der Waals surface area contributed by atoms with E-state index in [1.807, 2.05) is 52.2 Å². The first-order chi connectivity index (χ1) is 7.85. The minimum absolute atomic E-state index is 0.0773. The molecular formula is C13H17ClN2O. The molecule has 1 saturated heterocycles. The third kappa shape index (κ3) is 1.83. The molecule has 2 rings (SSSR count). The lowest BCUT2D eigenvalue weighted by molar-refractivity contribution is -0.142. The van der Waals surface area contributed by atoms with Gasteiger partial charge in [-0.05, 0) is 46.1 Å². The maximum Gasteiger partial charge on any atom is 0.237 e. The number of nitrogens with zero attached hydrogens (tertiary/aromatic N) is 2. The third-order valence-corrected chi connectivity index (χ3v) is 3.47. The van der Waals surface area contributed by atoms with Crippen molar-refractivity contribution in [3.63, 3.8) is 0 Å². The van der Waals surface area contributed by atoms with Gasteiger partial charge in [0.2, 0.25) is 5.91 Å². The van der Waals surface area contributed by atoms with Gasteiger partial charge in [0.05, 0.1) is 5.41 Å². The molecule has 1 heterocycles. The Balaban J connectivity index is 2.36. The maximum atomic E-state index is 12.2. The molecule has 1 atom stereocenters. The zero-order chi connectivity index (χ0) is 12.8. The highest BCUT2D eigenvalue weighted by Crippen LogP contribution is 2.43. The molecule has 0 spiro atoms. The van der Waals surface area contributed by atoms with Crippen molar-refractivity contribution in [1.29, 1.82) is 0 Å². The zero-order valence-corrected chi connectivity index (χ0v) is 11.3. The molecule has 0 N–H and O–H groups in total. The Morgan fingerprint density at radius 3 is 2.53 bits per heavy atom. The summed E-state index contributed by atoms with van der Waals surface area (Å²) in [5.74, 6) is 0.137. The van der Waals surface area contributed by atoms with Crippen LogP contribution >= 0.6 is 11.6 Å². The van der Waals surface area contributed by atoms with Gasteiger partial charge in [0, 0.05) is 10.7 Å². The molecule has 0 saturated carbocycles. The summed E-state index contributed by atoms with van der Waals surface area (Å²) >= 11 is 5.96. The molecule has 1 fully saturated rings. The van der Waals surface area contributed by atoms with Crippen LogP contribution in [-0.2, 0) is 4.79 Å². The predicted molar refractivity (Wildman–Crippen MR) is 70.2 cm³/mol. The van der Waals surface area contributed by atoms with Gasteiger partial charge in [-0.3, -0.25) is 14.6 Å². The molecule has 0 aromatic heterocycles. The average Bonchev–Trinajstić information content (AvgIpc) is 2.24. The second-order valence-electron chi connectivity index (χ2n) is 5.21. The Kier molecular flexibility index (Phi) is 2.92. The van der Waals surface area contributed by atoms with E-state index in [1.165, 1.54) is 0 Å². The number of benzene rings is 1. The number of β-lactam (4-membered cyclic amide) rings is 1. The Labute approximate surface area is 107 Å². The summed E-state index contributed by atoms with van der Waals surface area (Å²) in [5, 5.41) is 0.650. The third-order valence-electron chi connectivity index (χ3n) is 3.24. The Hall–Kier alpha value is -1.06. The minimum Gasteiger partial charge on any atom is -0.294 e. The Morgan fingerprint density at radius 2 is 2.00 bits per heavy atom. The number of halogens is 1. The number of anilines is 1. The summed E-state index contributed by atoms with van der Waals surface area (Å²) in [4.78, 5) is 16.0. The van der Waals surface area contributed by atoms with E-state index in [0.717, 1.165) is 5.69 Å². The number of amides is 1. The van der Waals surface area contributed by atoms with Crippen molar-refractivity contribution in [2.45, 2.75) is 20.0 Å². The Morgan fingerprint density at radius 1 is 1.35 bits per heavy atom. The zero-order valence-electron chi connectivity index (χ0n) is 10.6. The van der Waals surface area contributed by atoms with Crippen LogP contribution in [0.15, 0.2) is 24.3 Å². The lowest BCUT2D eigenvalue weighted by Crippen LogP contribution is -2.71. The van der Waals surface area contributed by atoms with Crippen molar-refractivity contribution >= 4 is 23.2 Å². The van der Waals surface area contributed by atoms with Crippen molar-refractivity contribution in [1.82, 2.24) is 4.90 Å². The van der Waals surface area contributed by atoms with E-state index >= 15 is 0 Å². The van der Waals surface area contributed by atoms with Gasteiger partial charge < -0.3 is 0 Å². The summed E-state index contributed by atoms with van der Waals surface area (Å²) < 4.78 is 0. The Bertz CT molecular complexity index is 456. The molecule has 0 aliphatic carbocycles. The average molecular weight is 253 g/mol.